The highest BCUT2D eigenvalue weighted by Crippen LogP contribution is 2.22. The van der Waals surface area contributed by atoms with Crippen molar-refractivity contribution in [3.63, 3.8) is 0 Å². The van der Waals surface area contributed by atoms with Gasteiger partial charge in [0.1, 0.15) is 17.2 Å². The molecule has 0 fully saturated rings. The van der Waals surface area contributed by atoms with Crippen LogP contribution < -0.4 is 19.5 Å². The highest BCUT2D eigenvalue weighted by atomic mass is 16.6. The first kappa shape index (κ1) is 18.1. The molecule has 0 spiro atoms. The van der Waals surface area contributed by atoms with Gasteiger partial charge in [-0.3, -0.25) is 4.79 Å². The van der Waals surface area contributed by atoms with Crippen molar-refractivity contribution in [2.45, 2.75) is 0 Å². The Morgan fingerprint density at radius 3 is 2.32 bits per heavy atom. The molecule has 0 aliphatic rings. The number of anilines is 1. The second kappa shape index (κ2) is 9.17. The molecule has 7 heteroatoms. The zero-order valence-corrected chi connectivity index (χ0v) is 14.3. The molecule has 0 radical (unpaired) electrons. The molecular formula is C18H20N2O5. The second-order valence-corrected chi connectivity index (χ2v) is 4.89. The van der Waals surface area contributed by atoms with Crippen LogP contribution in [0.15, 0.2) is 47.6 Å². The van der Waals surface area contributed by atoms with Gasteiger partial charge in [0.05, 0.1) is 27.5 Å². The number of ether oxygens (including phenoxy) is 3. The average Bonchev–Trinajstić information content (AvgIpc) is 2.65. The molecular weight excluding hydrogens is 324 g/mol. The number of hydrogen-bond donors (Lipinski definition) is 1. The van der Waals surface area contributed by atoms with Gasteiger partial charge in [0, 0.05) is 11.3 Å². The Labute approximate surface area is 146 Å². The van der Waals surface area contributed by atoms with Gasteiger partial charge in [-0.25, -0.2) is 0 Å². The molecule has 2 rings (SSSR count). The van der Waals surface area contributed by atoms with Crippen molar-refractivity contribution in [1.82, 2.24) is 0 Å². The Bertz CT molecular complexity index is 729. The monoisotopic (exact) mass is 344 g/mol. The Hall–Kier alpha value is -3.22. The molecule has 25 heavy (non-hydrogen) atoms. The van der Waals surface area contributed by atoms with E-state index in [-0.39, 0.29) is 12.5 Å². The first-order chi connectivity index (χ1) is 12.2. The Balaban J connectivity index is 1.86. The number of benzene rings is 2. The molecule has 2 aromatic carbocycles. The van der Waals surface area contributed by atoms with Gasteiger partial charge in [-0.2, -0.15) is 0 Å². The molecule has 0 aromatic heterocycles. The predicted octanol–water partition coefficient (Wildman–Crippen LogP) is 2.70. The van der Waals surface area contributed by atoms with Crippen molar-refractivity contribution >= 4 is 17.8 Å². The predicted molar refractivity (Wildman–Crippen MR) is 94.7 cm³/mol. The molecule has 1 amide bonds. The maximum atomic E-state index is 11.8. The standard InChI is InChI=1S/C18H20N2O5/c1-22-15-6-4-14(5-7-15)20-18(21)12-25-19-11-13-10-16(23-2)8-9-17(13)24-3/h4-11H,12H2,1-3H3,(H,20,21)/b19-11-. The fraction of sp³-hybridized carbons (Fsp3) is 0.222. The molecule has 0 aliphatic carbocycles. The van der Waals surface area contributed by atoms with E-state index in [1.54, 1.807) is 63.8 Å². The number of hydrogen-bond acceptors (Lipinski definition) is 6. The van der Waals surface area contributed by atoms with Crippen LogP contribution in [0.25, 0.3) is 0 Å². The topological polar surface area (TPSA) is 78.4 Å². The maximum Gasteiger partial charge on any atom is 0.265 e. The van der Waals surface area contributed by atoms with E-state index in [0.29, 0.717) is 28.5 Å². The maximum absolute atomic E-state index is 11.8. The molecule has 7 nitrogen and oxygen atoms in total. The van der Waals surface area contributed by atoms with E-state index in [1.165, 1.54) is 6.21 Å². The lowest BCUT2D eigenvalue weighted by molar-refractivity contribution is -0.120. The van der Waals surface area contributed by atoms with Crippen LogP contribution in [0.2, 0.25) is 0 Å². The van der Waals surface area contributed by atoms with Crippen LogP contribution in [0.3, 0.4) is 0 Å². The lowest BCUT2D eigenvalue weighted by atomic mass is 10.2. The third kappa shape index (κ3) is 5.42. The molecule has 1 N–H and O–H groups in total. The van der Waals surface area contributed by atoms with Crippen molar-refractivity contribution in [1.29, 1.82) is 0 Å². The molecule has 132 valence electrons. The van der Waals surface area contributed by atoms with E-state index < -0.39 is 0 Å². The highest BCUT2D eigenvalue weighted by molar-refractivity contribution is 5.91. The van der Waals surface area contributed by atoms with Crippen LogP contribution in [0, 0.1) is 0 Å². The van der Waals surface area contributed by atoms with Crippen LogP contribution in [-0.2, 0) is 9.63 Å². The number of oxime groups is 1. The third-order valence-electron chi connectivity index (χ3n) is 3.27. The molecule has 0 aliphatic heterocycles. The summed E-state index contributed by atoms with van der Waals surface area (Å²) in [4.78, 5) is 16.8. The molecule has 0 saturated heterocycles. The number of nitrogens with zero attached hydrogens (tertiary/aromatic N) is 1. The van der Waals surface area contributed by atoms with E-state index in [2.05, 4.69) is 10.5 Å². The first-order valence-electron chi connectivity index (χ1n) is 7.47. The summed E-state index contributed by atoms with van der Waals surface area (Å²) < 4.78 is 15.4. The summed E-state index contributed by atoms with van der Waals surface area (Å²) in [5.74, 6) is 1.68. The van der Waals surface area contributed by atoms with Gasteiger partial charge in [-0.05, 0) is 42.5 Å². The molecule has 2 aromatic rings. The molecule has 0 heterocycles. The lowest BCUT2D eigenvalue weighted by Gasteiger charge is -2.07. The van der Waals surface area contributed by atoms with Crippen molar-refractivity contribution < 1.29 is 23.8 Å². The number of methoxy groups -OCH3 is 3. The van der Waals surface area contributed by atoms with E-state index in [0.717, 1.165) is 0 Å². The van der Waals surface area contributed by atoms with E-state index >= 15 is 0 Å². The van der Waals surface area contributed by atoms with Crippen molar-refractivity contribution in [2.75, 3.05) is 33.3 Å². The van der Waals surface area contributed by atoms with Gasteiger partial charge in [-0.15, -0.1) is 0 Å². The number of carbonyl (C=O) groups is 1. The van der Waals surface area contributed by atoms with Crippen LogP contribution in [0.5, 0.6) is 17.2 Å². The average molecular weight is 344 g/mol. The minimum Gasteiger partial charge on any atom is -0.497 e. The quantitative estimate of drug-likeness (QED) is 0.588. The minimum atomic E-state index is -0.320. The number of carbonyl (C=O) groups excluding carboxylic acids is 1. The van der Waals surface area contributed by atoms with Gasteiger partial charge in [-0.1, -0.05) is 5.16 Å². The summed E-state index contributed by atoms with van der Waals surface area (Å²) in [6.45, 7) is -0.213. The minimum absolute atomic E-state index is 0.213. The van der Waals surface area contributed by atoms with Crippen molar-refractivity contribution in [2.24, 2.45) is 5.16 Å². The van der Waals surface area contributed by atoms with Crippen molar-refractivity contribution in [3.8, 4) is 17.2 Å². The van der Waals surface area contributed by atoms with Gasteiger partial charge >= 0.3 is 0 Å². The molecule has 0 saturated carbocycles. The molecule has 0 atom stereocenters. The Morgan fingerprint density at radius 2 is 1.68 bits per heavy atom. The summed E-state index contributed by atoms with van der Waals surface area (Å²) in [6, 6.07) is 12.3. The lowest BCUT2D eigenvalue weighted by Crippen LogP contribution is -2.16. The first-order valence-corrected chi connectivity index (χ1v) is 7.47. The summed E-state index contributed by atoms with van der Waals surface area (Å²) >= 11 is 0. The van der Waals surface area contributed by atoms with Crippen LogP contribution >= 0.6 is 0 Å². The smallest absolute Gasteiger partial charge is 0.265 e. The number of rotatable bonds is 8. The summed E-state index contributed by atoms with van der Waals surface area (Å²) in [6.07, 6.45) is 1.46. The fourth-order valence-corrected chi connectivity index (χ4v) is 2.00. The summed E-state index contributed by atoms with van der Waals surface area (Å²) in [5.41, 5.74) is 1.32. The molecule has 0 unspecified atom stereocenters. The zero-order chi connectivity index (χ0) is 18.1. The molecule has 0 bridgehead atoms. The van der Waals surface area contributed by atoms with Crippen LogP contribution in [0.1, 0.15) is 5.56 Å². The van der Waals surface area contributed by atoms with Gasteiger partial charge in [0.2, 0.25) is 0 Å². The van der Waals surface area contributed by atoms with E-state index in [9.17, 15) is 4.79 Å². The van der Waals surface area contributed by atoms with Gasteiger partial charge in [0.25, 0.3) is 5.91 Å². The zero-order valence-electron chi connectivity index (χ0n) is 14.3. The van der Waals surface area contributed by atoms with Crippen LogP contribution in [-0.4, -0.2) is 40.1 Å². The van der Waals surface area contributed by atoms with E-state index in [4.69, 9.17) is 19.0 Å². The second-order valence-electron chi connectivity index (χ2n) is 4.89. The van der Waals surface area contributed by atoms with Gasteiger partial charge in [0.15, 0.2) is 6.61 Å². The van der Waals surface area contributed by atoms with E-state index in [1.807, 2.05) is 0 Å². The van der Waals surface area contributed by atoms with Crippen molar-refractivity contribution in [3.05, 3.63) is 48.0 Å². The SMILES string of the molecule is COc1ccc(NC(=O)CO/N=C\c2cc(OC)ccc2OC)cc1. The number of nitrogens with one attached hydrogen (secondary N) is 1. The third-order valence-corrected chi connectivity index (χ3v) is 3.27. The Kier molecular flexibility index (Phi) is 6.65. The summed E-state index contributed by atoms with van der Waals surface area (Å²) in [7, 11) is 4.71. The Morgan fingerprint density at radius 1 is 1.00 bits per heavy atom. The summed E-state index contributed by atoms with van der Waals surface area (Å²) in [5, 5.41) is 6.49. The fourth-order valence-electron chi connectivity index (χ4n) is 2.00. The normalized spacial score (nSPS) is 10.4. The largest absolute Gasteiger partial charge is 0.497 e. The highest BCUT2D eigenvalue weighted by Gasteiger charge is 2.05. The number of amides is 1. The van der Waals surface area contributed by atoms with Crippen LogP contribution in [0.4, 0.5) is 5.69 Å². The van der Waals surface area contributed by atoms with Gasteiger partial charge < -0.3 is 24.4 Å².